The number of furan rings is 3. The molecule has 15 rings (SSSR count). The van der Waals surface area contributed by atoms with E-state index in [-0.39, 0.29) is 20.1 Å². The summed E-state index contributed by atoms with van der Waals surface area (Å²) in [5.41, 5.74) is 20.0. The molecule has 402 valence electrons. The Bertz CT molecular complexity index is 4650. The normalized spacial score (nSPS) is 10.9. The molecule has 0 radical (unpaired) electrons. The number of aryl methyl sites for hydroxylation is 3. The molecule has 85 heavy (non-hydrogen) atoms. The average Bonchev–Trinajstić information content (AvgIpc) is 2.74. The number of pyridine rings is 3. The zero-order valence-corrected chi connectivity index (χ0v) is 48.4. The minimum Gasteiger partial charge on any atom is -0.501 e. The first-order valence-corrected chi connectivity index (χ1v) is 27.1. The second-order valence-corrected chi connectivity index (χ2v) is 20.2. The Morgan fingerprint density at radius 3 is 0.882 bits per heavy atom. The second-order valence-electron chi connectivity index (χ2n) is 20.2. The fraction of sp³-hybridized carbons (Fsp3) is 0.0400. The van der Waals surface area contributed by atoms with E-state index >= 15 is 0 Å². The molecule has 9 aromatic carbocycles. The molecule has 0 atom stereocenters. The molecule has 0 bridgehead atoms. The van der Waals surface area contributed by atoms with Crippen molar-refractivity contribution in [3.05, 3.63) is 270 Å². The van der Waals surface area contributed by atoms with Crippen LogP contribution < -0.4 is 0 Å². The van der Waals surface area contributed by atoms with E-state index in [2.05, 4.69) is 90.3 Å². The van der Waals surface area contributed by atoms with Crippen molar-refractivity contribution < 1.29 is 33.4 Å². The van der Waals surface area contributed by atoms with Crippen LogP contribution in [0.2, 0.25) is 0 Å². The molecule has 0 unspecified atom stereocenters. The van der Waals surface area contributed by atoms with Gasteiger partial charge in [0.1, 0.15) is 35.0 Å². The monoisotopic (exact) mass is 1270 g/mol. The van der Waals surface area contributed by atoms with Crippen LogP contribution in [0.15, 0.2) is 232 Å². The molecule has 0 saturated heterocycles. The summed E-state index contributed by atoms with van der Waals surface area (Å²) in [7, 11) is 0. The van der Waals surface area contributed by atoms with Crippen molar-refractivity contribution in [3.63, 3.8) is 0 Å². The van der Waals surface area contributed by atoms with E-state index in [0.29, 0.717) is 16.7 Å². The first-order chi connectivity index (χ1) is 41.3. The van der Waals surface area contributed by atoms with Gasteiger partial charge in [0.15, 0.2) is 0 Å². The van der Waals surface area contributed by atoms with Crippen LogP contribution >= 0.6 is 0 Å². The number of aromatic nitrogens is 3. The number of nitriles is 3. The maximum atomic E-state index is 9.53. The summed E-state index contributed by atoms with van der Waals surface area (Å²) in [6.07, 6.45) is 4.87. The number of fused-ring (bicyclic) bond motifs is 9. The summed E-state index contributed by atoms with van der Waals surface area (Å²) < 4.78 is 18.6. The molecule has 0 spiro atoms. The molecule has 0 aliphatic heterocycles. The molecule has 9 nitrogen and oxygen atoms in total. The summed E-state index contributed by atoms with van der Waals surface area (Å²) in [5.74, 6) is 0. The number of hydrogen-bond acceptors (Lipinski definition) is 9. The van der Waals surface area contributed by atoms with Crippen LogP contribution in [0.25, 0.3) is 133 Å². The standard InChI is InChI=1S/3C25H15N2O.Ir/c3*1-16-11-12-19(25-24(16)20-9-5-6-10-23(20)28-25)22-13-21(18(14-26)15-27-22)17-7-3-2-4-8-17;/h3*2-11,13,15H,1H3;/q3*-1;+3. The Labute approximate surface area is 503 Å². The zero-order chi connectivity index (χ0) is 57.3. The molecular formula is C75H45IrN6O3. The molecule has 6 aromatic heterocycles. The summed E-state index contributed by atoms with van der Waals surface area (Å²) in [6.45, 7) is 6.19. The molecule has 0 aliphatic carbocycles. The van der Waals surface area contributed by atoms with E-state index < -0.39 is 0 Å². The largest absolute Gasteiger partial charge is 3.00 e. The van der Waals surface area contributed by atoms with Crippen molar-refractivity contribution in [1.82, 2.24) is 15.0 Å². The first kappa shape index (κ1) is 54.5. The van der Waals surface area contributed by atoms with Gasteiger partial charge in [-0.05, 0) is 68.7 Å². The van der Waals surface area contributed by atoms with Gasteiger partial charge in [-0.2, -0.15) is 15.8 Å². The van der Waals surface area contributed by atoms with Crippen molar-refractivity contribution >= 4 is 65.8 Å². The molecule has 10 heteroatoms. The fourth-order valence-corrected chi connectivity index (χ4v) is 11.0. The van der Waals surface area contributed by atoms with E-state index in [0.717, 1.165) is 150 Å². The number of benzene rings is 9. The maximum Gasteiger partial charge on any atom is 3.00 e. The van der Waals surface area contributed by atoms with Crippen LogP contribution in [0.1, 0.15) is 33.4 Å². The predicted molar refractivity (Wildman–Crippen MR) is 332 cm³/mol. The summed E-state index contributed by atoms with van der Waals surface area (Å²) in [4.78, 5) is 13.6. The minimum atomic E-state index is 0. The van der Waals surface area contributed by atoms with E-state index in [1.165, 1.54) is 0 Å². The van der Waals surface area contributed by atoms with Gasteiger partial charge in [-0.25, -0.2) is 0 Å². The van der Waals surface area contributed by atoms with E-state index in [1.807, 2.05) is 182 Å². The van der Waals surface area contributed by atoms with Crippen LogP contribution in [-0.4, -0.2) is 15.0 Å². The first-order valence-electron chi connectivity index (χ1n) is 27.1. The third-order valence-electron chi connectivity index (χ3n) is 15.0. The van der Waals surface area contributed by atoms with Gasteiger partial charge in [0.2, 0.25) is 0 Å². The third kappa shape index (κ3) is 10.2. The van der Waals surface area contributed by atoms with Gasteiger partial charge in [-0.15, -0.1) is 53.1 Å². The molecular weight excluding hydrogens is 1230 g/mol. The number of hydrogen-bond donors (Lipinski definition) is 0. The smallest absolute Gasteiger partial charge is 0.501 e. The fourth-order valence-electron chi connectivity index (χ4n) is 11.0. The number of rotatable bonds is 6. The van der Waals surface area contributed by atoms with Gasteiger partial charge in [0, 0.05) is 34.7 Å². The average molecular weight is 1270 g/mol. The summed E-state index contributed by atoms with van der Waals surface area (Å²) in [5, 5.41) is 35.1. The molecule has 0 amide bonds. The van der Waals surface area contributed by atoms with Crippen LogP contribution in [0.5, 0.6) is 0 Å². The van der Waals surface area contributed by atoms with Gasteiger partial charge < -0.3 is 28.2 Å². The molecule has 0 aliphatic rings. The Balaban J connectivity index is 0.000000124. The van der Waals surface area contributed by atoms with Gasteiger partial charge in [-0.1, -0.05) is 217 Å². The topological polar surface area (TPSA) is 149 Å². The molecule has 0 fully saturated rings. The van der Waals surface area contributed by atoms with E-state index in [1.54, 1.807) is 18.6 Å². The van der Waals surface area contributed by atoms with Gasteiger partial charge >= 0.3 is 20.1 Å². The van der Waals surface area contributed by atoms with Crippen LogP contribution in [0.3, 0.4) is 0 Å². The van der Waals surface area contributed by atoms with E-state index in [9.17, 15) is 15.8 Å². The minimum absolute atomic E-state index is 0. The van der Waals surface area contributed by atoms with Crippen LogP contribution in [0.4, 0.5) is 0 Å². The van der Waals surface area contributed by atoms with Crippen LogP contribution in [0, 0.1) is 73.0 Å². The van der Waals surface area contributed by atoms with Gasteiger partial charge in [-0.3, -0.25) is 0 Å². The van der Waals surface area contributed by atoms with Crippen molar-refractivity contribution in [1.29, 1.82) is 15.8 Å². The quantitative estimate of drug-likeness (QED) is 0.148. The third-order valence-corrected chi connectivity index (χ3v) is 15.0. The summed E-state index contributed by atoms with van der Waals surface area (Å²) >= 11 is 0. The molecule has 0 saturated carbocycles. The molecule has 15 aromatic rings. The Morgan fingerprint density at radius 2 is 0.612 bits per heavy atom. The van der Waals surface area contributed by atoms with Crippen molar-refractivity contribution in [2.45, 2.75) is 20.8 Å². The van der Waals surface area contributed by atoms with Crippen LogP contribution in [-0.2, 0) is 20.1 Å². The Kier molecular flexibility index (Phi) is 15.0. The summed E-state index contributed by atoms with van der Waals surface area (Å²) in [6, 6.07) is 82.2. The molecule has 6 heterocycles. The van der Waals surface area contributed by atoms with Crippen molar-refractivity contribution in [2.24, 2.45) is 0 Å². The SMILES string of the molecule is Cc1c[c-]c(-c2cc(-c3ccccc3)c(C#N)cn2)c2oc3ccccc3c12.Cc1c[c-]c(-c2cc(-c3ccccc3)c(C#N)cn2)c2oc3ccccc3c12.Cc1c[c-]c(-c2cc(-c3ccccc3)c(C#N)cn2)c2oc3ccccc3c12.[Ir+3]. The zero-order valence-electron chi connectivity index (χ0n) is 46.0. The predicted octanol–water partition coefficient (Wildman–Crippen LogP) is 18.9. The number of para-hydroxylation sites is 3. The number of nitrogens with zero attached hydrogens (tertiary/aromatic N) is 6. The Hall–Kier alpha value is -11.1. The van der Waals surface area contributed by atoms with Gasteiger partial charge in [0.05, 0.1) is 33.4 Å². The van der Waals surface area contributed by atoms with Crippen molar-refractivity contribution in [2.75, 3.05) is 0 Å². The van der Waals surface area contributed by atoms with E-state index in [4.69, 9.17) is 13.3 Å². The molecule has 0 N–H and O–H groups in total. The second kappa shape index (κ2) is 23.4. The maximum absolute atomic E-state index is 9.53. The van der Waals surface area contributed by atoms with Crippen molar-refractivity contribution in [3.8, 4) is 85.4 Å². The Morgan fingerprint density at radius 1 is 0.353 bits per heavy atom. The van der Waals surface area contributed by atoms with Gasteiger partial charge in [0.25, 0.3) is 0 Å².